The standard InChI is InChI=1S/C18H15BrF2N4O2/c1-9(2)16-12-5-10(19)3-4-11(12)18(27)25(24-16)8-15(26)23-17-13(20)6-22-7-14(17)21/h3-7,9H,8H2,1-2H3,(H,22,23,26). The van der Waals surface area contributed by atoms with Crippen molar-refractivity contribution in [2.75, 3.05) is 5.32 Å². The number of halogens is 3. The monoisotopic (exact) mass is 436 g/mol. The molecule has 140 valence electrons. The highest BCUT2D eigenvalue weighted by molar-refractivity contribution is 9.10. The lowest BCUT2D eigenvalue weighted by Crippen LogP contribution is -2.31. The Balaban J connectivity index is 2.00. The van der Waals surface area contributed by atoms with Gasteiger partial charge in [-0.1, -0.05) is 29.8 Å². The molecule has 27 heavy (non-hydrogen) atoms. The maximum atomic E-state index is 13.6. The van der Waals surface area contributed by atoms with Crippen LogP contribution in [0.4, 0.5) is 14.5 Å². The molecule has 0 atom stereocenters. The average molecular weight is 437 g/mol. The van der Waals surface area contributed by atoms with Crippen LogP contribution in [0.15, 0.2) is 39.9 Å². The molecule has 0 bridgehead atoms. The first-order chi connectivity index (χ1) is 12.8. The van der Waals surface area contributed by atoms with Gasteiger partial charge in [0.1, 0.15) is 12.2 Å². The molecule has 0 aliphatic heterocycles. The zero-order valence-electron chi connectivity index (χ0n) is 14.5. The molecule has 2 aromatic heterocycles. The van der Waals surface area contributed by atoms with Gasteiger partial charge in [-0.25, -0.2) is 13.5 Å². The number of amides is 1. The zero-order valence-corrected chi connectivity index (χ0v) is 16.0. The van der Waals surface area contributed by atoms with Gasteiger partial charge in [0, 0.05) is 9.86 Å². The zero-order chi connectivity index (χ0) is 19.7. The van der Waals surface area contributed by atoms with Crippen molar-refractivity contribution in [3.8, 4) is 0 Å². The fourth-order valence-electron chi connectivity index (χ4n) is 2.66. The van der Waals surface area contributed by atoms with E-state index in [1.165, 1.54) is 0 Å². The normalized spacial score (nSPS) is 11.2. The highest BCUT2D eigenvalue weighted by Crippen LogP contribution is 2.24. The van der Waals surface area contributed by atoms with Gasteiger partial charge in [-0.3, -0.25) is 14.6 Å². The number of aromatic nitrogens is 3. The van der Waals surface area contributed by atoms with Crippen LogP contribution in [0.1, 0.15) is 25.5 Å². The summed E-state index contributed by atoms with van der Waals surface area (Å²) >= 11 is 3.37. The van der Waals surface area contributed by atoms with Gasteiger partial charge in [0.15, 0.2) is 11.6 Å². The minimum absolute atomic E-state index is 0.00759. The number of hydrogen-bond donors (Lipinski definition) is 1. The molecule has 0 saturated carbocycles. The topological polar surface area (TPSA) is 76.9 Å². The average Bonchev–Trinajstić information content (AvgIpc) is 2.60. The Morgan fingerprint density at radius 1 is 1.22 bits per heavy atom. The Kier molecular flexibility index (Phi) is 5.31. The maximum absolute atomic E-state index is 13.6. The van der Waals surface area contributed by atoms with E-state index in [9.17, 15) is 18.4 Å². The van der Waals surface area contributed by atoms with Crippen molar-refractivity contribution in [2.45, 2.75) is 26.3 Å². The Hall–Kier alpha value is -2.68. The van der Waals surface area contributed by atoms with E-state index in [1.807, 2.05) is 13.8 Å². The molecule has 0 fully saturated rings. The first kappa shape index (κ1) is 19.1. The Morgan fingerprint density at radius 2 is 1.89 bits per heavy atom. The molecule has 1 aromatic carbocycles. The third-order valence-electron chi connectivity index (χ3n) is 3.91. The third kappa shape index (κ3) is 3.87. The summed E-state index contributed by atoms with van der Waals surface area (Å²) in [6, 6.07) is 5.16. The molecule has 9 heteroatoms. The molecule has 0 aliphatic rings. The van der Waals surface area contributed by atoms with Crippen molar-refractivity contribution in [1.29, 1.82) is 0 Å². The molecule has 0 spiro atoms. The lowest BCUT2D eigenvalue weighted by atomic mass is 10.0. The summed E-state index contributed by atoms with van der Waals surface area (Å²) < 4.78 is 29.1. The predicted octanol–water partition coefficient (Wildman–Crippen LogP) is 3.59. The van der Waals surface area contributed by atoms with Gasteiger partial charge in [-0.2, -0.15) is 5.10 Å². The summed E-state index contributed by atoms with van der Waals surface area (Å²) in [5.74, 6) is -2.80. The first-order valence-electron chi connectivity index (χ1n) is 8.07. The first-order valence-corrected chi connectivity index (χ1v) is 8.86. The summed E-state index contributed by atoms with van der Waals surface area (Å²) in [6.07, 6.45) is 1.57. The minimum Gasteiger partial charge on any atom is -0.319 e. The molecule has 0 saturated heterocycles. The minimum atomic E-state index is -1.00. The predicted molar refractivity (Wildman–Crippen MR) is 101 cm³/mol. The van der Waals surface area contributed by atoms with Crippen LogP contribution in [0.25, 0.3) is 10.8 Å². The number of nitrogens with one attached hydrogen (secondary N) is 1. The van der Waals surface area contributed by atoms with Crippen molar-refractivity contribution in [3.05, 3.63) is 62.7 Å². The van der Waals surface area contributed by atoms with E-state index in [-0.39, 0.29) is 5.92 Å². The molecule has 3 rings (SSSR count). The number of fused-ring (bicyclic) bond motifs is 1. The van der Waals surface area contributed by atoms with Gasteiger partial charge >= 0.3 is 0 Å². The number of carbonyl (C=O) groups excluding carboxylic acids is 1. The highest BCUT2D eigenvalue weighted by atomic mass is 79.9. The number of carbonyl (C=O) groups is 1. The van der Waals surface area contributed by atoms with E-state index in [0.29, 0.717) is 16.5 Å². The van der Waals surface area contributed by atoms with Gasteiger partial charge in [0.2, 0.25) is 5.91 Å². The number of pyridine rings is 1. The lowest BCUT2D eigenvalue weighted by molar-refractivity contribution is -0.117. The van der Waals surface area contributed by atoms with Crippen molar-refractivity contribution in [2.24, 2.45) is 0 Å². The fraction of sp³-hybridized carbons (Fsp3) is 0.222. The van der Waals surface area contributed by atoms with E-state index < -0.39 is 35.3 Å². The van der Waals surface area contributed by atoms with Crippen LogP contribution in [-0.4, -0.2) is 20.7 Å². The van der Waals surface area contributed by atoms with Crippen LogP contribution in [0, 0.1) is 11.6 Å². The van der Waals surface area contributed by atoms with E-state index in [0.717, 1.165) is 21.5 Å². The fourth-order valence-corrected chi connectivity index (χ4v) is 3.02. The number of nitrogens with zero attached hydrogens (tertiary/aromatic N) is 3. The van der Waals surface area contributed by atoms with E-state index in [2.05, 4.69) is 31.3 Å². The highest BCUT2D eigenvalue weighted by Gasteiger charge is 2.17. The molecule has 0 unspecified atom stereocenters. The third-order valence-corrected chi connectivity index (χ3v) is 4.40. The van der Waals surface area contributed by atoms with Crippen LogP contribution < -0.4 is 10.9 Å². The Morgan fingerprint density at radius 3 is 2.52 bits per heavy atom. The lowest BCUT2D eigenvalue weighted by Gasteiger charge is -2.14. The quantitative estimate of drug-likeness (QED) is 0.677. The summed E-state index contributed by atoms with van der Waals surface area (Å²) in [5, 5.41) is 7.51. The van der Waals surface area contributed by atoms with Crippen LogP contribution >= 0.6 is 15.9 Å². The molecule has 1 N–H and O–H groups in total. The smallest absolute Gasteiger partial charge is 0.275 e. The van der Waals surface area contributed by atoms with Gasteiger partial charge in [-0.15, -0.1) is 0 Å². The van der Waals surface area contributed by atoms with Crippen molar-refractivity contribution < 1.29 is 13.6 Å². The molecule has 2 heterocycles. The molecular formula is C18H15BrF2N4O2. The van der Waals surface area contributed by atoms with E-state index in [4.69, 9.17) is 0 Å². The second-order valence-electron chi connectivity index (χ2n) is 6.22. The Bertz CT molecular complexity index is 1080. The van der Waals surface area contributed by atoms with Crippen molar-refractivity contribution >= 4 is 38.3 Å². The summed E-state index contributed by atoms with van der Waals surface area (Å²) in [4.78, 5) is 28.3. The second-order valence-corrected chi connectivity index (χ2v) is 7.13. The van der Waals surface area contributed by atoms with Crippen molar-refractivity contribution in [3.63, 3.8) is 0 Å². The summed E-state index contributed by atoms with van der Waals surface area (Å²) in [6.45, 7) is 3.35. The molecule has 0 aliphatic carbocycles. The van der Waals surface area contributed by atoms with Crippen LogP contribution in [-0.2, 0) is 11.3 Å². The number of hydrogen-bond acceptors (Lipinski definition) is 4. The maximum Gasteiger partial charge on any atom is 0.275 e. The Labute approximate surface area is 161 Å². The molecular weight excluding hydrogens is 422 g/mol. The van der Waals surface area contributed by atoms with Crippen LogP contribution in [0.3, 0.4) is 0 Å². The van der Waals surface area contributed by atoms with E-state index >= 15 is 0 Å². The van der Waals surface area contributed by atoms with Gasteiger partial charge in [-0.05, 0) is 24.1 Å². The van der Waals surface area contributed by atoms with Crippen molar-refractivity contribution in [1.82, 2.24) is 14.8 Å². The number of rotatable bonds is 4. The van der Waals surface area contributed by atoms with Crippen LogP contribution in [0.2, 0.25) is 0 Å². The summed E-state index contributed by atoms with van der Waals surface area (Å²) in [7, 11) is 0. The molecule has 1 amide bonds. The van der Waals surface area contributed by atoms with Gasteiger partial charge < -0.3 is 5.32 Å². The number of benzene rings is 1. The largest absolute Gasteiger partial charge is 0.319 e. The summed E-state index contributed by atoms with van der Waals surface area (Å²) in [5.41, 5.74) is -0.440. The number of anilines is 1. The molecule has 6 nitrogen and oxygen atoms in total. The molecule has 3 aromatic rings. The van der Waals surface area contributed by atoms with Gasteiger partial charge in [0.25, 0.3) is 5.56 Å². The molecule has 0 radical (unpaired) electrons. The van der Waals surface area contributed by atoms with Crippen LogP contribution in [0.5, 0.6) is 0 Å². The van der Waals surface area contributed by atoms with Gasteiger partial charge in [0.05, 0.1) is 23.5 Å². The van der Waals surface area contributed by atoms with E-state index in [1.54, 1.807) is 18.2 Å². The second kappa shape index (κ2) is 7.51. The SMILES string of the molecule is CC(C)c1nn(CC(=O)Nc2c(F)cncc2F)c(=O)c2ccc(Br)cc12.